The van der Waals surface area contributed by atoms with Gasteiger partial charge in [-0.3, -0.25) is 0 Å². The second-order valence-electron chi connectivity index (χ2n) is 6.96. The number of hydrogen-bond donors (Lipinski definition) is 4. The Morgan fingerprint density at radius 3 is 2.03 bits per heavy atom. The molecule has 0 amide bonds. The molecular weight excluding hydrogens is 420 g/mol. The van der Waals surface area contributed by atoms with Crippen molar-refractivity contribution in [2.24, 2.45) is 0 Å². The lowest BCUT2D eigenvalue weighted by Crippen LogP contribution is -2.31. The van der Waals surface area contributed by atoms with E-state index in [4.69, 9.17) is 28.8 Å². The maximum Gasteiger partial charge on any atom is 0.204 e. The molecule has 0 radical (unpaired) electrons. The minimum atomic E-state index is -0.915. The van der Waals surface area contributed by atoms with Gasteiger partial charge in [0, 0.05) is 25.7 Å². The monoisotopic (exact) mass is 452 g/mol. The van der Waals surface area contributed by atoms with Crippen molar-refractivity contribution in [3.05, 3.63) is 41.5 Å². The van der Waals surface area contributed by atoms with E-state index < -0.39 is 24.9 Å². The lowest BCUT2D eigenvalue weighted by molar-refractivity contribution is -0.0453. The summed E-state index contributed by atoms with van der Waals surface area (Å²) in [6.07, 6.45) is -2.41. The highest BCUT2D eigenvalue weighted by Crippen LogP contribution is 2.42. The standard InChI is InChI=1S/C23H32O9/c1-5-31-22(15-8-16(26)12-17(9-15)28-2)21(13-25)32-23-19(29-3)10-14(11-20(23)30-4)18(27)6-7-24/h8-12,18,21-22,24-27H,5-7,13H2,1-4H3/t18?,21-,22+/m1/s1. The van der Waals surface area contributed by atoms with E-state index in [-0.39, 0.29) is 36.0 Å². The van der Waals surface area contributed by atoms with E-state index in [1.807, 2.05) is 0 Å². The predicted octanol–water partition coefficient (Wildman–Crippen LogP) is 2.35. The Kier molecular flexibility index (Phi) is 9.86. The van der Waals surface area contributed by atoms with E-state index in [0.717, 1.165) is 0 Å². The van der Waals surface area contributed by atoms with Crippen LogP contribution >= 0.6 is 0 Å². The van der Waals surface area contributed by atoms with Crippen molar-refractivity contribution in [3.63, 3.8) is 0 Å². The highest BCUT2D eigenvalue weighted by Gasteiger charge is 2.29. The van der Waals surface area contributed by atoms with Gasteiger partial charge in [-0.2, -0.15) is 0 Å². The maximum atomic E-state index is 10.3. The molecule has 9 heteroatoms. The quantitative estimate of drug-likeness (QED) is 0.362. The van der Waals surface area contributed by atoms with Crippen molar-refractivity contribution in [1.29, 1.82) is 0 Å². The molecule has 0 aliphatic rings. The first-order valence-electron chi connectivity index (χ1n) is 10.2. The first kappa shape index (κ1) is 25.5. The molecule has 0 aliphatic heterocycles. The average Bonchev–Trinajstić information content (AvgIpc) is 2.80. The van der Waals surface area contributed by atoms with E-state index in [0.29, 0.717) is 23.5 Å². The molecule has 0 spiro atoms. The van der Waals surface area contributed by atoms with E-state index >= 15 is 0 Å². The summed E-state index contributed by atoms with van der Waals surface area (Å²) in [5.74, 6) is 1.18. The molecule has 4 N–H and O–H groups in total. The molecule has 2 rings (SSSR count). The lowest BCUT2D eigenvalue weighted by Gasteiger charge is -2.28. The first-order chi connectivity index (χ1) is 15.4. The normalized spacial score (nSPS) is 13.8. The molecule has 0 bridgehead atoms. The molecular formula is C23H32O9. The summed E-state index contributed by atoms with van der Waals surface area (Å²) in [6, 6.07) is 7.83. The van der Waals surface area contributed by atoms with Gasteiger partial charge >= 0.3 is 0 Å². The Balaban J connectivity index is 2.47. The van der Waals surface area contributed by atoms with E-state index in [9.17, 15) is 15.3 Å². The van der Waals surface area contributed by atoms with Gasteiger partial charge in [0.05, 0.1) is 34.0 Å². The number of phenolic OH excluding ortho intramolecular Hbond substituents is 1. The van der Waals surface area contributed by atoms with Crippen LogP contribution in [0.1, 0.15) is 36.7 Å². The molecule has 0 heterocycles. The SMILES string of the molecule is CCO[C@@H](c1cc(O)cc(OC)c1)[C@@H](CO)Oc1c(OC)cc(C(O)CCO)cc1OC. The van der Waals surface area contributed by atoms with Crippen molar-refractivity contribution >= 4 is 0 Å². The average molecular weight is 453 g/mol. The van der Waals surface area contributed by atoms with Gasteiger partial charge in [-0.15, -0.1) is 0 Å². The van der Waals surface area contributed by atoms with Gasteiger partial charge in [0.1, 0.15) is 17.6 Å². The topological polar surface area (TPSA) is 127 Å². The Hall–Kier alpha value is -2.72. The van der Waals surface area contributed by atoms with Crippen LogP contribution in [0.4, 0.5) is 0 Å². The first-order valence-corrected chi connectivity index (χ1v) is 10.2. The number of aliphatic hydroxyl groups excluding tert-OH is 3. The second kappa shape index (κ2) is 12.4. The summed E-state index contributed by atoms with van der Waals surface area (Å²) in [5, 5.41) is 39.6. The maximum absolute atomic E-state index is 10.3. The zero-order valence-corrected chi connectivity index (χ0v) is 18.8. The fraction of sp³-hybridized carbons (Fsp3) is 0.478. The van der Waals surface area contributed by atoms with Gasteiger partial charge in [0.2, 0.25) is 5.75 Å². The number of aromatic hydroxyl groups is 1. The van der Waals surface area contributed by atoms with E-state index in [2.05, 4.69) is 0 Å². The van der Waals surface area contributed by atoms with Crippen molar-refractivity contribution in [2.45, 2.75) is 31.7 Å². The highest BCUT2D eigenvalue weighted by atomic mass is 16.6. The van der Waals surface area contributed by atoms with Crippen molar-refractivity contribution in [3.8, 4) is 28.7 Å². The summed E-state index contributed by atoms with van der Waals surface area (Å²) < 4.78 is 28.1. The number of ether oxygens (including phenoxy) is 5. The smallest absolute Gasteiger partial charge is 0.204 e. The summed E-state index contributed by atoms with van der Waals surface area (Å²) in [5.41, 5.74) is 1.04. The van der Waals surface area contributed by atoms with Crippen LogP contribution in [0.2, 0.25) is 0 Å². The summed E-state index contributed by atoms with van der Waals surface area (Å²) in [7, 11) is 4.37. The number of aliphatic hydroxyl groups is 3. The number of rotatable bonds is 13. The molecule has 178 valence electrons. The van der Waals surface area contributed by atoms with Gasteiger partial charge in [0.15, 0.2) is 17.6 Å². The molecule has 1 unspecified atom stereocenters. The van der Waals surface area contributed by atoms with Crippen molar-refractivity contribution in [1.82, 2.24) is 0 Å². The van der Waals surface area contributed by atoms with Gasteiger partial charge in [-0.25, -0.2) is 0 Å². The molecule has 0 aromatic heterocycles. The van der Waals surface area contributed by atoms with Crippen LogP contribution in [-0.4, -0.2) is 67.7 Å². The molecule has 9 nitrogen and oxygen atoms in total. The molecule has 0 fully saturated rings. The number of methoxy groups -OCH3 is 3. The molecule has 0 saturated carbocycles. The Morgan fingerprint density at radius 1 is 0.875 bits per heavy atom. The molecule has 0 saturated heterocycles. The number of phenols is 1. The fourth-order valence-corrected chi connectivity index (χ4v) is 3.33. The van der Waals surface area contributed by atoms with Gasteiger partial charge < -0.3 is 44.1 Å². The van der Waals surface area contributed by atoms with Crippen LogP contribution < -0.4 is 18.9 Å². The Morgan fingerprint density at radius 2 is 1.53 bits per heavy atom. The second-order valence-corrected chi connectivity index (χ2v) is 6.96. The summed E-state index contributed by atoms with van der Waals surface area (Å²) in [6.45, 7) is 1.53. The third-order valence-corrected chi connectivity index (χ3v) is 4.88. The van der Waals surface area contributed by atoms with Crippen LogP contribution in [0.3, 0.4) is 0 Å². The Labute approximate surface area is 187 Å². The number of benzene rings is 2. The molecule has 32 heavy (non-hydrogen) atoms. The predicted molar refractivity (Wildman–Crippen MR) is 117 cm³/mol. The third-order valence-electron chi connectivity index (χ3n) is 4.88. The van der Waals surface area contributed by atoms with Crippen LogP contribution in [0.15, 0.2) is 30.3 Å². The van der Waals surface area contributed by atoms with Crippen molar-refractivity contribution in [2.75, 3.05) is 41.2 Å². The fourth-order valence-electron chi connectivity index (χ4n) is 3.33. The van der Waals surface area contributed by atoms with E-state index in [1.54, 1.807) is 25.1 Å². The molecule has 3 atom stereocenters. The zero-order valence-electron chi connectivity index (χ0n) is 18.8. The van der Waals surface area contributed by atoms with Gasteiger partial charge in [0.25, 0.3) is 0 Å². The van der Waals surface area contributed by atoms with Crippen LogP contribution in [-0.2, 0) is 4.74 Å². The largest absolute Gasteiger partial charge is 0.508 e. The summed E-state index contributed by atoms with van der Waals surface area (Å²) in [4.78, 5) is 0. The van der Waals surface area contributed by atoms with E-state index in [1.165, 1.54) is 33.5 Å². The molecule has 2 aromatic carbocycles. The van der Waals surface area contributed by atoms with Crippen LogP contribution in [0, 0.1) is 0 Å². The number of hydrogen-bond acceptors (Lipinski definition) is 9. The van der Waals surface area contributed by atoms with Crippen molar-refractivity contribution < 1.29 is 44.1 Å². The summed E-state index contributed by atoms with van der Waals surface area (Å²) >= 11 is 0. The van der Waals surface area contributed by atoms with Gasteiger partial charge in [-0.1, -0.05) is 0 Å². The third kappa shape index (κ3) is 6.17. The van der Waals surface area contributed by atoms with Crippen LogP contribution in [0.5, 0.6) is 28.7 Å². The molecule has 0 aliphatic carbocycles. The van der Waals surface area contributed by atoms with Crippen LogP contribution in [0.25, 0.3) is 0 Å². The zero-order chi connectivity index (χ0) is 23.7. The highest BCUT2D eigenvalue weighted by molar-refractivity contribution is 5.54. The van der Waals surface area contributed by atoms with Gasteiger partial charge in [-0.05, 0) is 42.3 Å². The minimum absolute atomic E-state index is 0.0156. The lowest BCUT2D eigenvalue weighted by atomic mass is 10.0. The minimum Gasteiger partial charge on any atom is -0.508 e. The molecule has 2 aromatic rings. The Bertz CT molecular complexity index is 830.